The zero-order valence-corrected chi connectivity index (χ0v) is 11.9. The van der Waals surface area contributed by atoms with Crippen molar-refractivity contribution in [1.82, 2.24) is 5.32 Å². The zero-order valence-electron chi connectivity index (χ0n) is 11.9. The van der Waals surface area contributed by atoms with E-state index in [2.05, 4.69) is 17.4 Å². The quantitative estimate of drug-likeness (QED) is 0.792. The van der Waals surface area contributed by atoms with E-state index in [1.165, 1.54) is 37.8 Å². The molecule has 0 radical (unpaired) electrons. The summed E-state index contributed by atoms with van der Waals surface area (Å²) in [6.07, 6.45) is 7.04. The van der Waals surface area contributed by atoms with Crippen LogP contribution in [0.2, 0.25) is 0 Å². The summed E-state index contributed by atoms with van der Waals surface area (Å²) in [5.41, 5.74) is 1.31. The molecule has 104 valence electrons. The summed E-state index contributed by atoms with van der Waals surface area (Å²) in [4.78, 5) is 0. The summed E-state index contributed by atoms with van der Waals surface area (Å²) in [6, 6.07) is 8.34. The Kier molecular flexibility index (Phi) is 4.07. The van der Waals surface area contributed by atoms with Crippen LogP contribution in [0, 0.1) is 17.8 Å². The number of ether oxygens (including phenoxy) is 1. The molecule has 0 aliphatic heterocycles. The van der Waals surface area contributed by atoms with E-state index >= 15 is 0 Å². The van der Waals surface area contributed by atoms with Crippen molar-refractivity contribution in [3.63, 3.8) is 0 Å². The maximum absolute atomic E-state index is 5.39. The topological polar surface area (TPSA) is 21.3 Å². The minimum Gasteiger partial charge on any atom is -0.496 e. The fourth-order valence-corrected chi connectivity index (χ4v) is 4.05. The minimum atomic E-state index is 0.955. The Morgan fingerprint density at radius 2 is 2.11 bits per heavy atom. The highest BCUT2D eigenvalue weighted by Gasteiger charge is 2.38. The lowest BCUT2D eigenvalue weighted by Crippen LogP contribution is -2.28. The van der Waals surface area contributed by atoms with Gasteiger partial charge >= 0.3 is 0 Å². The molecule has 0 heterocycles. The molecule has 1 aromatic carbocycles. The number of methoxy groups -OCH3 is 1. The van der Waals surface area contributed by atoms with E-state index in [4.69, 9.17) is 4.74 Å². The van der Waals surface area contributed by atoms with Gasteiger partial charge < -0.3 is 10.1 Å². The molecule has 0 spiro atoms. The van der Waals surface area contributed by atoms with Crippen LogP contribution in [0.25, 0.3) is 0 Å². The van der Waals surface area contributed by atoms with Crippen molar-refractivity contribution in [2.24, 2.45) is 17.8 Å². The van der Waals surface area contributed by atoms with Gasteiger partial charge in [-0.2, -0.15) is 0 Å². The largest absolute Gasteiger partial charge is 0.496 e. The monoisotopic (exact) mass is 259 g/mol. The van der Waals surface area contributed by atoms with Gasteiger partial charge in [0.1, 0.15) is 5.75 Å². The molecule has 0 aromatic heterocycles. The minimum absolute atomic E-state index is 0.955. The van der Waals surface area contributed by atoms with Crippen molar-refractivity contribution in [2.45, 2.75) is 32.1 Å². The van der Waals surface area contributed by atoms with Crippen LogP contribution >= 0.6 is 0 Å². The average Bonchev–Trinajstić information content (AvgIpc) is 3.06. The Hall–Kier alpha value is -1.02. The maximum Gasteiger partial charge on any atom is 0.122 e. The molecule has 1 N–H and O–H groups in total. The molecule has 3 rings (SSSR count). The van der Waals surface area contributed by atoms with Crippen LogP contribution in [0.5, 0.6) is 5.75 Å². The Morgan fingerprint density at radius 1 is 1.21 bits per heavy atom. The first-order valence-corrected chi connectivity index (χ1v) is 7.69. The zero-order chi connectivity index (χ0) is 13.1. The Morgan fingerprint density at radius 3 is 2.84 bits per heavy atom. The smallest absolute Gasteiger partial charge is 0.122 e. The molecular formula is C17H25NO. The molecular weight excluding hydrogens is 234 g/mol. The number of nitrogens with one attached hydrogen (secondary N) is 1. The Labute approximate surface area is 116 Å². The molecule has 19 heavy (non-hydrogen) atoms. The molecule has 0 saturated heterocycles. The van der Waals surface area contributed by atoms with Crippen LogP contribution in [0.1, 0.15) is 31.2 Å². The third kappa shape index (κ3) is 2.94. The lowest BCUT2D eigenvalue weighted by Gasteiger charge is -2.22. The van der Waals surface area contributed by atoms with E-state index in [-0.39, 0.29) is 0 Å². The molecule has 2 nitrogen and oxygen atoms in total. The first-order chi connectivity index (χ1) is 9.36. The fraction of sp³-hybridized carbons (Fsp3) is 0.647. The van der Waals surface area contributed by atoms with Gasteiger partial charge in [0.25, 0.3) is 0 Å². The second kappa shape index (κ2) is 5.96. The molecule has 2 saturated carbocycles. The van der Waals surface area contributed by atoms with Gasteiger partial charge in [-0.1, -0.05) is 24.6 Å². The predicted molar refractivity (Wildman–Crippen MR) is 78.5 cm³/mol. The van der Waals surface area contributed by atoms with E-state index < -0.39 is 0 Å². The number of hydrogen-bond donors (Lipinski definition) is 1. The summed E-state index contributed by atoms with van der Waals surface area (Å²) in [7, 11) is 1.75. The van der Waals surface area contributed by atoms with Crippen LogP contribution in [-0.4, -0.2) is 20.2 Å². The SMILES string of the molecule is COc1ccccc1CCNCC1CC2CCC1C2. The van der Waals surface area contributed by atoms with E-state index in [1.807, 2.05) is 12.1 Å². The lowest BCUT2D eigenvalue weighted by atomic mass is 9.89. The van der Waals surface area contributed by atoms with Crippen LogP contribution in [0.4, 0.5) is 0 Å². The first-order valence-electron chi connectivity index (χ1n) is 7.69. The standard InChI is InChI=1S/C17H25NO/c1-19-17-5-3-2-4-14(17)8-9-18-12-16-11-13-6-7-15(16)10-13/h2-5,13,15-16,18H,6-12H2,1H3. The van der Waals surface area contributed by atoms with Gasteiger partial charge in [0, 0.05) is 0 Å². The van der Waals surface area contributed by atoms with Crippen LogP contribution in [-0.2, 0) is 6.42 Å². The summed E-state index contributed by atoms with van der Waals surface area (Å²) < 4.78 is 5.39. The van der Waals surface area contributed by atoms with Crippen LogP contribution in [0.3, 0.4) is 0 Å². The summed E-state index contributed by atoms with van der Waals surface area (Å²) >= 11 is 0. The van der Waals surface area contributed by atoms with Crippen molar-refractivity contribution in [2.75, 3.05) is 20.2 Å². The van der Waals surface area contributed by atoms with Gasteiger partial charge in [0.05, 0.1) is 7.11 Å². The van der Waals surface area contributed by atoms with Gasteiger partial charge in [-0.15, -0.1) is 0 Å². The molecule has 2 heteroatoms. The molecule has 2 aliphatic carbocycles. The van der Waals surface area contributed by atoms with Crippen molar-refractivity contribution >= 4 is 0 Å². The van der Waals surface area contributed by atoms with E-state index in [0.717, 1.165) is 36.5 Å². The van der Waals surface area contributed by atoms with Gasteiger partial charge in [-0.05, 0) is 68.2 Å². The predicted octanol–water partition coefficient (Wildman–Crippen LogP) is 3.26. The highest BCUT2D eigenvalue weighted by Crippen LogP contribution is 2.47. The summed E-state index contributed by atoms with van der Waals surface area (Å²) in [6.45, 7) is 2.28. The van der Waals surface area contributed by atoms with Gasteiger partial charge in [0.15, 0.2) is 0 Å². The van der Waals surface area contributed by atoms with Crippen molar-refractivity contribution in [1.29, 1.82) is 0 Å². The molecule has 2 bridgehead atoms. The van der Waals surface area contributed by atoms with Crippen molar-refractivity contribution in [3.05, 3.63) is 29.8 Å². The average molecular weight is 259 g/mol. The molecule has 3 atom stereocenters. The highest BCUT2D eigenvalue weighted by atomic mass is 16.5. The van der Waals surface area contributed by atoms with E-state index in [0.29, 0.717) is 0 Å². The van der Waals surface area contributed by atoms with E-state index in [9.17, 15) is 0 Å². The number of rotatable bonds is 6. The van der Waals surface area contributed by atoms with E-state index in [1.54, 1.807) is 7.11 Å². The van der Waals surface area contributed by atoms with Crippen molar-refractivity contribution in [3.8, 4) is 5.75 Å². The molecule has 1 aromatic rings. The number of fused-ring (bicyclic) bond motifs is 2. The van der Waals surface area contributed by atoms with Crippen LogP contribution in [0.15, 0.2) is 24.3 Å². The maximum atomic E-state index is 5.39. The summed E-state index contributed by atoms with van der Waals surface area (Å²) in [5, 5.41) is 3.66. The second-order valence-corrected chi connectivity index (χ2v) is 6.20. The lowest BCUT2D eigenvalue weighted by molar-refractivity contribution is 0.319. The fourth-order valence-electron chi connectivity index (χ4n) is 4.05. The first kappa shape index (κ1) is 13.0. The Bertz CT molecular complexity index is 417. The number of benzene rings is 1. The molecule has 2 aliphatic rings. The third-order valence-electron chi connectivity index (χ3n) is 5.05. The van der Waals surface area contributed by atoms with Gasteiger partial charge in [-0.25, -0.2) is 0 Å². The molecule has 0 amide bonds. The van der Waals surface area contributed by atoms with Crippen molar-refractivity contribution < 1.29 is 4.74 Å². The molecule has 3 unspecified atom stereocenters. The number of para-hydroxylation sites is 1. The second-order valence-electron chi connectivity index (χ2n) is 6.20. The van der Waals surface area contributed by atoms with Gasteiger partial charge in [-0.3, -0.25) is 0 Å². The highest BCUT2D eigenvalue weighted by molar-refractivity contribution is 5.33. The number of hydrogen-bond acceptors (Lipinski definition) is 2. The molecule has 2 fully saturated rings. The normalized spacial score (nSPS) is 28.8. The summed E-state index contributed by atoms with van der Waals surface area (Å²) in [5.74, 6) is 4.07. The van der Waals surface area contributed by atoms with Crippen LogP contribution < -0.4 is 10.1 Å². The Balaban J connectivity index is 1.41. The third-order valence-corrected chi connectivity index (χ3v) is 5.05. The van der Waals surface area contributed by atoms with Gasteiger partial charge in [0.2, 0.25) is 0 Å².